The van der Waals surface area contributed by atoms with E-state index in [0.717, 1.165) is 11.0 Å². The number of rotatable bonds is 7. The molecular weight excluding hydrogens is 436 g/mol. The molecule has 0 N–H and O–H groups in total. The number of nitro groups is 1. The number of hydrogen-bond acceptors (Lipinski definition) is 9. The topological polar surface area (TPSA) is 146 Å². The zero-order chi connectivity index (χ0) is 23.7. The quantitative estimate of drug-likeness (QED) is 0.173. The molecule has 0 radical (unpaired) electrons. The van der Waals surface area contributed by atoms with Gasteiger partial charge in [-0.3, -0.25) is 29.4 Å². The normalized spacial score (nSPS) is 12.7. The van der Waals surface area contributed by atoms with Crippen LogP contribution in [0.2, 0.25) is 0 Å². The molecule has 4 rings (SSSR count). The van der Waals surface area contributed by atoms with Gasteiger partial charge in [-0.05, 0) is 18.2 Å². The van der Waals surface area contributed by atoms with Gasteiger partial charge in [-0.1, -0.05) is 6.07 Å². The van der Waals surface area contributed by atoms with Crippen LogP contribution in [0.1, 0.15) is 32.7 Å². The SMILES string of the molecule is COc1ccc2c(COC(=O)CCN3C(=O)c4cccc([N+](=O)[O-])c4C3=O)cc(=O)oc2c1. The monoisotopic (exact) mass is 452 g/mol. The maximum Gasteiger partial charge on any atom is 0.336 e. The van der Waals surface area contributed by atoms with E-state index in [1.807, 2.05) is 0 Å². The number of esters is 1. The first-order valence-corrected chi connectivity index (χ1v) is 9.70. The number of nitrogens with zero attached hydrogens (tertiary/aromatic N) is 2. The molecule has 11 nitrogen and oxygen atoms in total. The molecule has 0 saturated carbocycles. The molecule has 33 heavy (non-hydrogen) atoms. The number of hydrogen-bond donors (Lipinski definition) is 0. The third-order valence-electron chi connectivity index (χ3n) is 5.14. The molecule has 1 aromatic heterocycles. The minimum Gasteiger partial charge on any atom is -0.497 e. The second-order valence-electron chi connectivity index (χ2n) is 7.08. The summed E-state index contributed by atoms with van der Waals surface area (Å²) in [5, 5.41) is 11.7. The number of imide groups is 1. The van der Waals surface area contributed by atoms with Crippen molar-refractivity contribution in [3.8, 4) is 5.75 Å². The maximum absolute atomic E-state index is 12.6. The molecule has 0 aliphatic carbocycles. The highest BCUT2D eigenvalue weighted by Crippen LogP contribution is 2.30. The lowest BCUT2D eigenvalue weighted by Gasteiger charge is -2.13. The molecule has 0 atom stereocenters. The lowest BCUT2D eigenvalue weighted by atomic mass is 10.1. The van der Waals surface area contributed by atoms with Crippen molar-refractivity contribution in [3.05, 3.63) is 79.7 Å². The van der Waals surface area contributed by atoms with E-state index in [1.165, 1.54) is 31.4 Å². The van der Waals surface area contributed by atoms with Gasteiger partial charge in [0.1, 0.15) is 23.5 Å². The number of amides is 2. The van der Waals surface area contributed by atoms with Crippen LogP contribution in [0.4, 0.5) is 5.69 Å². The van der Waals surface area contributed by atoms with Crippen LogP contribution >= 0.6 is 0 Å². The van der Waals surface area contributed by atoms with Crippen molar-refractivity contribution >= 4 is 34.4 Å². The van der Waals surface area contributed by atoms with Crippen molar-refractivity contribution < 1.29 is 33.2 Å². The van der Waals surface area contributed by atoms with Gasteiger partial charge in [0.05, 0.1) is 24.0 Å². The van der Waals surface area contributed by atoms with Gasteiger partial charge in [0.15, 0.2) is 0 Å². The number of nitro benzene ring substituents is 1. The molecule has 0 saturated heterocycles. The molecule has 2 heterocycles. The molecular formula is C22H16N2O9. The largest absolute Gasteiger partial charge is 0.497 e. The Balaban J connectivity index is 1.43. The Morgan fingerprint density at radius 3 is 2.64 bits per heavy atom. The molecule has 0 fully saturated rings. The van der Waals surface area contributed by atoms with Gasteiger partial charge < -0.3 is 13.9 Å². The Morgan fingerprint density at radius 1 is 1.12 bits per heavy atom. The number of fused-ring (bicyclic) bond motifs is 2. The average Bonchev–Trinajstić information content (AvgIpc) is 3.04. The fraction of sp³-hybridized carbons (Fsp3) is 0.182. The lowest BCUT2D eigenvalue weighted by molar-refractivity contribution is -0.385. The van der Waals surface area contributed by atoms with Crippen LogP contribution in [0.3, 0.4) is 0 Å². The molecule has 1 aliphatic rings. The molecule has 0 unspecified atom stereocenters. The molecule has 3 aromatic rings. The van der Waals surface area contributed by atoms with E-state index >= 15 is 0 Å². The van der Waals surface area contributed by atoms with E-state index in [0.29, 0.717) is 16.7 Å². The standard InChI is InChI=1S/C22H16N2O9/c1-31-13-5-6-14-12(9-19(26)33-17(14)10-13)11-32-18(25)7-8-23-21(27)15-3-2-4-16(24(29)30)20(15)22(23)28/h2-6,9-10H,7-8,11H2,1H3. The van der Waals surface area contributed by atoms with E-state index in [-0.39, 0.29) is 36.3 Å². The van der Waals surface area contributed by atoms with Crippen molar-refractivity contribution in [2.45, 2.75) is 13.0 Å². The summed E-state index contributed by atoms with van der Waals surface area (Å²) >= 11 is 0. The first-order valence-electron chi connectivity index (χ1n) is 9.70. The molecule has 168 valence electrons. The molecule has 2 amide bonds. The van der Waals surface area contributed by atoms with Crippen LogP contribution in [0.5, 0.6) is 5.75 Å². The minimum atomic E-state index is -0.837. The second-order valence-corrected chi connectivity index (χ2v) is 7.08. The van der Waals surface area contributed by atoms with Gasteiger partial charge in [-0.2, -0.15) is 0 Å². The Bertz CT molecular complexity index is 1380. The van der Waals surface area contributed by atoms with Gasteiger partial charge in [-0.15, -0.1) is 0 Å². The second kappa shape index (κ2) is 8.54. The van der Waals surface area contributed by atoms with Gasteiger partial charge in [-0.25, -0.2) is 4.79 Å². The third-order valence-corrected chi connectivity index (χ3v) is 5.14. The summed E-state index contributed by atoms with van der Waals surface area (Å²) in [6, 6.07) is 9.83. The average molecular weight is 452 g/mol. The van der Waals surface area contributed by atoms with Crippen LogP contribution in [-0.2, 0) is 16.1 Å². The highest BCUT2D eigenvalue weighted by atomic mass is 16.6. The van der Waals surface area contributed by atoms with E-state index in [4.69, 9.17) is 13.9 Å². The van der Waals surface area contributed by atoms with Gasteiger partial charge in [0.25, 0.3) is 17.5 Å². The highest BCUT2D eigenvalue weighted by molar-refractivity contribution is 6.23. The van der Waals surface area contributed by atoms with Crippen LogP contribution in [0.25, 0.3) is 11.0 Å². The van der Waals surface area contributed by atoms with E-state index in [2.05, 4.69) is 0 Å². The number of carbonyl (C=O) groups is 3. The smallest absolute Gasteiger partial charge is 0.336 e. The van der Waals surface area contributed by atoms with E-state index in [9.17, 15) is 29.3 Å². The van der Waals surface area contributed by atoms with Gasteiger partial charge in [0.2, 0.25) is 0 Å². The molecule has 11 heteroatoms. The molecule has 1 aliphatic heterocycles. The summed E-state index contributed by atoms with van der Waals surface area (Å²) in [5.41, 5.74) is -0.801. The Hall–Kier alpha value is -4.54. The Kier molecular flexibility index (Phi) is 5.61. The van der Waals surface area contributed by atoms with Crippen LogP contribution < -0.4 is 10.4 Å². The Morgan fingerprint density at radius 2 is 1.91 bits per heavy atom. The summed E-state index contributed by atoms with van der Waals surface area (Å²) in [7, 11) is 1.47. The van der Waals surface area contributed by atoms with Crippen LogP contribution in [0, 0.1) is 10.1 Å². The minimum absolute atomic E-state index is 0.0829. The van der Waals surface area contributed by atoms with Crippen LogP contribution in [0.15, 0.2) is 51.7 Å². The highest BCUT2D eigenvalue weighted by Gasteiger charge is 2.40. The zero-order valence-corrected chi connectivity index (χ0v) is 17.2. The number of methoxy groups -OCH3 is 1. The summed E-state index contributed by atoms with van der Waals surface area (Å²) in [5.74, 6) is -1.79. The predicted octanol–water partition coefficient (Wildman–Crippen LogP) is 2.44. The maximum atomic E-state index is 12.6. The van der Waals surface area contributed by atoms with Crippen molar-refractivity contribution in [2.75, 3.05) is 13.7 Å². The van der Waals surface area contributed by atoms with Crippen molar-refractivity contribution in [2.24, 2.45) is 0 Å². The third kappa shape index (κ3) is 4.03. The van der Waals surface area contributed by atoms with Crippen LogP contribution in [-0.4, -0.2) is 41.3 Å². The molecule has 0 bridgehead atoms. The van der Waals surface area contributed by atoms with Crippen molar-refractivity contribution in [1.29, 1.82) is 0 Å². The lowest BCUT2D eigenvalue weighted by Crippen LogP contribution is -2.32. The fourth-order valence-electron chi connectivity index (χ4n) is 3.56. The summed E-state index contributed by atoms with van der Waals surface area (Å²) in [6.07, 6.45) is -0.327. The van der Waals surface area contributed by atoms with E-state index < -0.39 is 34.0 Å². The zero-order valence-electron chi connectivity index (χ0n) is 17.2. The number of ether oxygens (including phenoxy) is 2. The number of benzene rings is 2. The predicted molar refractivity (Wildman–Crippen MR) is 112 cm³/mol. The summed E-state index contributed by atoms with van der Waals surface area (Å²) in [4.78, 5) is 60.3. The van der Waals surface area contributed by atoms with Crippen molar-refractivity contribution in [3.63, 3.8) is 0 Å². The summed E-state index contributed by atoms with van der Waals surface area (Å²) in [6.45, 7) is -0.544. The molecule has 2 aromatic carbocycles. The molecule has 0 spiro atoms. The first kappa shape index (κ1) is 21.7. The number of carbonyl (C=O) groups excluding carboxylic acids is 3. The van der Waals surface area contributed by atoms with E-state index in [1.54, 1.807) is 12.1 Å². The first-order chi connectivity index (χ1) is 15.8. The van der Waals surface area contributed by atoms with Gasteiger partial charge >= 0.3 is 11.6 Å². The summed E-state index contributed by atoms with van der Waals surface area (Å²) < 4.78 is 15.4. The Labute approximate surface area is 185 Å². The fourth-order valence-corrected chi connectivity index (χ4v) is 3.56. The van der Waals surface area contributed by atoms with Crippen molar-refractivity contribution in [1.82, 2.24) is 4.90 Å². The van der Waals surface area contributed by atoms with Gasteiger partial charge in [0, 0.05) is 35.7 Å².